The number of rotatable bonds is 3. The zero-order chi connectivity index (χ0) is 19.7. The largest absolute Gasteiger partial charge is 0.417 e. The summed E-state index contributed by atoms with van der Waals surface area (Å²) in [4.78, 5) is 18.5. The Kier molecular flexibility index (Phi) is 4.99. The monoisotopic (exact) mass is 394 g/mol. The van der Waals surface area contributed by atoms with E-state index < -0.39 is 11.7 Å². The van der Waals surface area contributed by atoms with E-state index >= 15 is 0 Å². The molecule has 3 heterocycles. The minimum absolute atomic E-state index is 0.124. The van der Waals surface area contributed by atoms with E-state index in [0.29, 0.717) is 24.6 Å². The van der Waals surface area contributed by atoms with Crippen molar-refractivity contribution in [2.45, 2.75) is 50.7 Å². The summed E-state index contributed by atoms with van der Waals surface area (Å²) in [6, 6.07) is 2.29. The van der Waals surface area contributed by atoms with Gasteiger partial charge >= 0.3 is 6.18 Å². The summed E-state index contributed by atoms with van der Waals surface area (Å²) in [7, 11) is 0. The highest BCUT2D eigenvalue weighted by Crippen LogP contribution is 2.30. The molecule has 1 N–H and O–H groups in total. The number of hydrogen-bond donors (Lipinski definition) is 1. The van der Waals surface area contributed by atoms with E-state index in [1.165, 1.54) is 6.07 Å². The number of alkyl halides is 3. The number of fused-ring (bicyclic) bond motifs is 1. The Morgan fingerprint density at radius 2 is 2.04 bits per heavy atom. The van der Waals surface area contributed by atoms with Crippen LogP contribution >= 0.6 is 0 Å². The Balaban J connectivity index is 1.41. The van der Waals surface area contributed by atoms with E-state index in [4.69, 9.17) is 4.52 Å². The summed E-state index contributed by atoms with van der Waals surface area (Å²) in [5.74, 6) is 1.03. The predicted molar refractivity (Wildman–Crippen MR) is 95.1 cm³/mol. The molecule has 0 saturated carbocycles. The molecule has 1 saturated heterocycles. The third-order valence-corrected chi connectivity index (χ3v) is 5.32. The van der Waals surface area contributed by atoms with Gasteiger partial charge in [0.1, 0.15) is 11.6 Å². The van der Waals surface area contributed by atoms with Crippen molar-refractivity contribution in [3.63, 3.8) is 0 Å². The molecule has 1 fully saturated rings. The van der Waals surface area contributed by atoms with Gasteiger partial charge in [0.25, 0.3) is 5.91 Å². The lowest BCUT2D eigenvalue weighted by Gasteiger charge is -2.34. The summed E-state index contributed by atoms with van der Waals surface area (Å²) in [6.45, 7) is 1.17. The minimum Gasteiger partial charge on any atom is -0.360 e. The molecule has 0 radical (unpaired) electrons. The Labute approximate surface area is 160 Å². The molecule has 0 bridgehead atoms. The lowest BCUT2D eigenvalue weighted by atomic mass is 9.96. The Morgan fingerprint density at radius 1 is 1.21 bits per heavy atom. The molecule has 1 aliphatic heterocycles. The lowest BCUT2D eigenvalue weighted by Crippen LogP contribution is -2.48. The number of aryl methyl sites for hydroxylation is 1. The van der Waals surface area contributed by atoms with E-state index in [9.17, 15) is 18.0 Å². The molecule has 0 spiro atoms. The van der Waals surface area contributed by atoms with Crippen molar-refractivity contribution in [3.05, 3.63) is 40.9 Å². The van der Waals surface area contributed by atoms with E-state index in [-0.39, 0.29) is 11.9 Å². The topological polar surface area (TPSA) is 71.3 Å². The first-order valence-electron chi connectivity index (χ1n) is 9.48. The van der Waals surface area contributed by atoms with E-state index in [0.717, 1.165) is 62.1 Å². The van der Waals surface area contributed by atoms with Crippen LogP contribution in [0.4, 0.5) is 19.0 Å². The first-order chi connectivity index (χ1) is 13.4. The first-order valence-corrected chi connectivity index (χ1v) is 9.48. The molecule has 6 nitrogen and oxygen atoms in total. The van der Waals surface area contributed by atoms with Crippen molar-refractivity contribution < 1.29 is 22.5 Å². The zero-order valence-corrected chi connectivity index (χ0v) is 15.3. The molecule has 0 aromatic carbocycles. The second kappa shape index (κ2) is 7.44. The Hall–Kier alpha value is -2.58. The standard InChI is InChI=1S/C19H21F3N4O2/c20-19(21,22)12-7-8-16(23-10-12)26-9-3-4-13(11-26)24-18(27)17-14-5-1-2-6-15(14)28-25-17/h7-8,10,13H,1-6,9,11H2,(H,24,27). The van der Waals surface area contributed by atoms with Crippen LogP contribution in [0.15, 0.2) is 22.9 Å². The molecule has 9 heteroatoms. The van der Waals surface area contributed by atoms with Crippen LogP contribution < -0.4 is 10.2 Å². The van der Waals surface area contributed by atoms with Crippen LogP contribution in [0.25, 0.3) is 0 Å². The fraction of sp³-hybridized carbons (Fsp3) is 0.526. The number of nitrogens with zero attached hydrogens (tertiary/aromatic N) is 3. The number of nitrogens with one attached hydrogen (secondary N) is 1. The number of amides is 1. The van der Waals surface area contributed by atoms with Gasteiger partial charge < -0.3 is 14.7 Å². The molecule has 1 unspecified atom stereocenters. The van der Waals surface area contributed by atoms with Gasteiger partial charge in [-0.1, -0.05) is 5.16 Å². The van der Waals surface area contributed by atoms with Gasteiger partial charge in [0.05, 0.1) is 5.56 Å². The molecule has 1 aliphatic carbocycles. The highest BCUT2D eigenvalue weighted by Gasteiger charge is 2.31. The normalized spacial score (nSPS) is 20.0. The van der Waals surface area contributed by atoms with Crippen LogP contribution in [0.2, 0.25) is 0 Å². The van der Waals surface area contributed by atoms with Crippen LogP contribution in [0.5, 0.6) is 0 Å². The van der Waals surface area contributed by atoms with Crippen molar-refractivity contribution >= 4 is 11.7 Å². The Morgan fingerprint density at radius 3 is 2.79 bits per heavy atom. The smallest absolute Gasteiger partial charge is 0.360 e. The fourth-order valence-electron chi connectivity index (χ4n) is 3.86. The van der Waals surface area contributed by atoms with Gasteiger partial charge in [0.15, 0.2) is 5.69 Å². The summed E-state index contributed by atoms with van der Waals surface area (Å²) in [6.07, 6.45) is 1.72. The molecule has 1 amide bonds. The highest BCUT2D eigenvalue weighted by atomic mass is 19.4. The van der Waals surface area contributed by atoms with Crippen molar-refractivity contribution in [2.75, 3.05) is 18.0 Å². The van der Waals surface area contributed by atoms with Gasteiger partial charge in [-0.05, 0) is 44.2 Å². The van der Waals surface area contributed by atoms with Crippen molar-refractivity contribution in [2.24, 2.45) is 0 Å². The number of anilines is 1. The third-order valence-electron chi connectivity index (χ3n) is 5.32. The average molecular weight is 394 g/mol. The summed E-state index contributed by atoms with van der Waals surface area (Å²) in [5, 5.41) is 6.95. The van der Waals surface area contributed by atoms with E-state index in [1.807, 2.05) is 4.90 Å². The van der Waals surface area contributed by atoms with Crippen LogP contribution in [0.1, 0.15) is 53.1 Å². The van der Waals surface area contributed by atoms with Crippen molar-refractivity contribution in [1.29, 1.82) is 0 Å². The predicted octanol–water partition coefficient (Wildman–Crippen LogP) is 3.37. The maximum absolute atomic E-state index is 12.7. The summed E-state index contributed by atoms with van der Waals surface area (Å²) < 4.78 is 43.4. The van der Waals surface area contributed by atoms with Crippen molar-refractivity contribution in [3.8, 4) is 0 Å². The molecule has 28 heavy (non-hydrogen) atoms. The Bertz CT molecular complexity index is 848. The summed E-state index contributed by atoms with van der Waals surface area (Å²) in [5.41, 5.74) is 0.495. The van der Waals surface area contributed by atoms with E-state index in [1.54, 1.807) is 0 Å². The van der Waals surface area contributed by atoms with Crippen LogP contribution in [-0.2, 0) is 19.0 Å². The molecular weight excluding hydrogens is 373 g/mol. The SMILES string of the molecule is O=C(NC1CCCN(c2ccc(C(F)(F)F)cn2)C1)c1noc2c1CCCC2. The number of halogens is 3. The molecule has 2 aromatic rings. The quantitative estimate of drug-likeness (QED) is 0.864. The summed E-state index contributed by atoms with van der Waals surface area (Å²) >= 11 is 0. The van der Waals surface area contributed by atoms with Gasteiger partial charge in [-0.25, -0.2) is 4.98 Å². The molecule has 150 valence electrons. The average Bonchev–Trinajstić information content (AvgIpc) is 3.12. The number of aromatic nitrogens is 2. The van der Waals surface area contributed by atoms with Crippen LogP contribution in [-0.4, -0.2) is 35.2 Å². The first kappa shape index (κ1) is 18.8. The highest BCUT2D eigenvalue weighted by molar-refractivity contribution is 5.94. The molecule has 2 aliphatic rings. The van der Waals surface area contributed by atoms with Gasteiger partial charge in [-0.2, -0.15) is 13.2 Å². The van der Waals surface area contributed by atoms with Gasteiger partial charge in [-0.15, -0.1) is 0 Å². The molecular formula is C19H21F3N4O2. The second-order valence-corrected chi connectivity index (χ2v) is 7.30. The van der Waals surface area contributed by atoms with Gasteiger partial charge in [-0.3, -0.25) is 4.79 Å². The van der Waals surface area contributed by atoms with Crippen molar-refractivity contribution in [1.82, 2.24) is 15.5 Å². The zero-order valence-electron chi connectivity index (χ0n) is 15.3. The minimum atomic E-state index is -4.40. The number of pyridine rings is 1. The molecule has 4 rings (SSSR count). The number of hydrogen-bond acceptors (Lipinski definition) is 5. The third kappa shape index (κ3) is 3.83. The molecule has 1 atom stereocenters. The van der Waals surface area contributed by atoms with E-state index in [2.05, 4.69) is 15.5 Å². The van der Waals surface area contributed by atoms with Gasteiger partial charge in [0, 0.05) is 37.3 Å². The number of carbonyl (C=O) groups excluding carboxylic acids is 1. The second-order valence-electron chi connectivity index (χ2n) is 7.30. The van der Waals surface area contributed by atoms with Gasteiger partial charge in [0.2, 0.25) is 0 Å². The van der Waals surface area contributed by atoms with Crippen LogP contribution in [0, 0.1) is 0 Å². The maximum Gasteiger partial charge on any atom is 0.417 e. The van der Waals surface area contributed by atoms with Crippen LogP contribution in [0.3, 0.4) is 0 Å². The molecule has 2 aromatic heterocycles. The fourth-order valence-corrected chi connectivity index (χ4v) is 3.86. The maximum atomic E-state index is 12.7. The lowest BCUT2D eigenvalue weighted by molar-refractivity contribution is -0.137. The number of carbonyl (C=O) groups is 1. The number of piperidine rings is 1.